The number of rotatable bonds is 10. The van der Waals surface area contributed by atoms with Gasteiger partial charge in [-0.2, -0.15) is 0 Å². The van der Waals surface area contributed by atoms with E-state index in [4.69, 9.17) is 9.15 Å². The van der Waals surface area contributed by atoms with Crippen LogP contribution in [0.3, 0.4) is 0 Å². The summed E-state index contributed by atoms with van der Waals surface area (Å²) in [7, 11) is 0. The average Bonchev–Trinajstić information content (AvgIpc) is 3.04. The lowest BCUT2D eigenvalue weighted by Gasteiger charge is -2.25. The predicted octanol–water partition coefficient (Wildman–Crippen LogP) is 3.69. The van der Waals surface area contributed by atoms with E-state index in [2.05, 4.69) is 43.9 Å². The Kier molecular flexibility index (Phi) is 7.50. The lowest BCUT2D eigenvalue weighted by Crippen LogP contribution is -2.35. The molecular weight excluding hydrogens is 302 g/mol. The molecule has 132 valence electrons. The van der Waals surface area contributed by atoms with Crippen LogP contribution in [0, 0.1) is 13.8 Å². The van der Waals surface area contributed by atoms with Crippen molar-refractivity contribution in [3.8, 4) is 0 Å². The Balaban J connectivity index is 1.84. The molecule has 0 aliphatic heterocycles. The minimum atomic E-state index is -0.503. The number of furan rings is 1. The van der Waals surface area contributed by atoms with Crippen molar-refractivity contribution < 1.29 is 14.3 Å². The van der Waals surface area contributed by atoms with Crippen LogP contribution in [0.1, 0.15) is 35.8 Å². The predicted molar refractivity (Wildman–Crippen MR) is 95.9 cm³/mol. The smallest absolute Gasteiger partial charge is 0.129 e. The Morgan fingerprint density at radius 1 is 1.25 bits per heavy atom. The Bertz CT molecular complexity index is 595. The van der Waals surface area contributed by atoms with Crippen LogP contribution in [0.25, 0.3) is 0 Å². The van der Waals surface area contributed by atoms with Gasteiger partial charge in [0.25, 0.3) is 0 Å². The van der Waals surface area contributed by atoms with E-state index in [9.17, 15) is 5.11 Å². The van der Waals surface area contributed by atoms with Gasteiger partial charge in [0, 0.05) is 13.1 Å². The first-order valence-electron chi connectivity index (χ1n) is 8.65. The zero-order chi connectivity index (χ0) is 17.4. The second-order valence-electron chi connectivity index (χ2n) is 6.41. The first kappa shape index (κ1) is 18.7. The summed E-state index contributed by atoms with van der Waals surface area (Å²) in [6.45, 7) is 9.56. The molecule has 1 heterocycles. The molecule has 2 rings (SSSR count). The zero-order valence-corrected chi connectivity index (χ0v) is 15.0. The summed E-state index contributed by atoms with van der Waals surface area (Å²) in [5, 5.41) is 10.3. The fourth-order valence-corrected chi connectivity index (χ4v) is 2.80. The second kappa shape index (κ2) is 9.62. The maximum absolute atomic E-state index is 10.3. The molecule has 1 aromatic heterocycles. The molecule has 0 radical (unpaired) electrons. The summed E-state index contributed by atoms with van der Waals surface area (Å²) in [4.78, 5) is 2.29. The van der Waals surface area contributed by atoms with Gasteiger partial charge in [0.15, 0.2) is 0 Å². The minimum absolute atomic E-state index is 0.313. The number of aryl methyl sites for hydroxylation is 2. The molecule has 0 fully saturated rings. The summed E-state index contributed by atoms with van der Waals surface area (Å²) in [6, 6.07) is 10.2. The topological polar surface area (TPSA) is 45.8 Å². The molecular formula is C20H29NO3. The Morgan fingerprint density at radius 2 is 2.08 bits per heavy atom. The lowest BCUT2D eigenvalue weighted by molar-refractivity contribution is 0.00384. The average molecular weight is 331 g/mol. The molecule has 2 aromatic rings. The van der Waals surface area contributed by atoms with Crippen LogP contribution in [-0.4, -0.2) is 35.8 Å². The fourth-order valence-electron chi connectivity index (χ4n) is 2.80. The van der Waals surface area contributed by atoms with Crippen molar-refractivity contribution in [2.75, 3.05) is 19.7 Å². The van der Waals surface area contributed by atoms with E-state index in [1.807, 2.05) is 12.1 Å². The molecule has 1 aromatic carbocycles. The van der Waals surface area contributed by atoms with Gasteiger partial charge in [0.1, 0.15) is 12.4 Å². The molecule has 0 aliphatic rings. The minimum Gasteiger partial charge on any atom is -0.467 e. The van der Waals surface area contributed by atoms with E-state index in [0.717, 1.165) is 25.3 Å². The highest BCUT2D eigenvalue weighted by molar-refractivity contribution is 5.30. The molecule has 0 saturated heterocycles. The Morgan fingerprint density at radius 3 is 2.79 bits per heavy atom. The number of hydrogen-bond donors (Lipinski definition) is 1. The molecule has 0 bridgehead atoms. The van der Waals surface area contributed by atoms with E-state index >= 15 is 0 Å². The Hall–Kier alpha value is -1.62. The number of aliphatic hydroxyl groups excluding tert-OH is 1. The molecule has 0 spiro atoms. The molecule has 4 heteroatoms. The zero-order valence-electron chi connectivity index (χ0n) is 15.0. The van der Waals surface area contributed by atoms with Gasteiger partial charge in [-0.25, -0.2) is 0 Å². The number of benzene rings is 1. The quantitative estimate of drug-likeness (QED) is 0.721. The van der Waals surface area contributed by atoms with Gasteiger partial charge in [0.2, 0.25) is 0 Å². The van der Waals surface area contributed by atoms with Crippen molar-refractivity contribution in [2.24, 2.45) is 0 Å². The second-order valence-corrected chi connectivity index (χ2v) is 6.41. The standard InChI is InChI=1S/C20H29NO3/c1-4-9-21(12-18-11-16(2)7-8-17(18)3)13-19(22)14-23-15-20-6-5-10-24-20/h5-8,10-11,19,22H,4,9,12-15H2,1-3H3. The monoisotopic (exact) mass is 331 g/mol. The highest BCUT2D eigenvalue weighted by Crippen LogP contribution is 2.14. The first-order valence-corrected chi connectivity index (χ1v) is 8.65. The Labute approximate surface area is 145 Å². The largest absolute Gasteiger partial charge is 0.467 e. The van der Waals surface area contributed by atoms with Crippen molar-refractivity contribution >= 4 is 0 Å². The maximum atomic E-state index is 10.3. The van der Waals surface area contributed by atoms with Crippen molar-refractivity contribution in [1.82, 2.24) is 4.90 Å². The molecule has 0 aliphatic carbocycles. The summed E-state index contributed by atoms with van der Waals surface area (Å²) < 4.78 is 10.8. The summed E-state index contributed by atoms with van der Waals surface area (Å²) >= 11 is 0. The first-order chi connectivity index (χ1) is 11.6. The molecule has 4 nitrogen and oxygen atoms in total. The van der Waals surface area contributed by atoms with E-state index in [1.54, 1.807) is 6.26 Å². The molecule has 1 atom stereocenters. The van der Waals surface area contributed by atoms with Gasteiger partial charge < -0.3 is 14.3 Å². The molecule has 1 N–H and O–H groups in total. The van der Waals surface area contributed by atoms with Crippen LogP contribution >= 0.6 is 0 Å². The van der Waals surface area contributed by atoms with Crippen LogP contribution in [0.4, 0.5) is 0 Å². The molecule has 24 heavy (non-hydrogen) atoms. The van der Waals surface area contributed by atoms with Gasteiger partial charge in [-0.1, -0.05) is 30.7 Å². The third-order valence-electron chi connectivity index (χ3n) is 4.04. The number of nitrogens with zero attached hydrogens (tertiary/aromatic N) is 1. The van der Waals surface area contributed by atoms with Crippen LogP contribution in [-0.2, 0) is 17.9 Å². The third-order valence-corrected chi connectivity index (χ3v) is 4.04. The summed E-state index contributed by atoms with van der Waals surface area (Å²) in [5.41, 5.74) is 3.90. The van der Waals surface area contributed by atoms with E-state index in [-0.39, 0.29) is 0 Å². The van der Waals surface area contributed by atoms with Gasteiger partial charge in [-0.15, -0.1) is 0 Å². The third kappa shape index (κ3) is 6.11. The maximum Gasteiger partial charge on any atom is 0.129 e. The summed E-state index contributed by atoms with van der Waals surface area (Å²) in [6.07, 6.45) is 2.18. The van der Waals surface area contributed by atoms with Crippen molar-refractivity contribution in [2.45, 2.75) is 46.4 Å². The van der Waals surface area contributed by atoms with Crippen LogP contribution in [0.15, 0.2) is 41.0 Å². The number of hydrogen-bond acceptors (Lipinski definition) is 4. The highest BCUT2D eigenvalue weighted by atomic mass is 16.5. The van der Waals surface area contributed by atoms with Crippen LogP contribution in [0.2, 0.25) is 0 Å². The summed E-state index contributed by atoms with van der Waals surface area (Å²) in [5.74, 6) is 0.781. The van der Waals surface area contributed by atoms with Crippen molar-refractivity contribution in [3.05, 3.63) is 59.0 Å². The van der Waals surface area contributed by atoms with Crippen molar-refractivity contribution in [3.63, 3.8) is 0 Å². The highest BCUT2D eigenvalue weighted by Gasteiger charge is 2.13. The number of aliphatic hydroxyl groups is 1. The van der Waals surface area contributed by atoms with Crippen molar-refractivity contribution in [1.29, 1.82) is 0 Å². The van der Waals surface area contributed by atoms with Gasteiger partial charge in [-0.3, -0.25) is 4.90 Å². The van der Waals surface area contributed by atoms with Crippen LogP contribution in [0.5, 0.6) is 0 Å². The van der Waals surface area contributed by atoms with Gasteiger partial charge in [0.05, 0.1) is 19.0 Å². The van der Waals surface area contributed by atoms with E-state index in [1.165, 1.54) is 16.7 Å². The molecule has 0 amide bonds. The SMILES string of the molecule is CCCN(Cc1cc(C)ccc1C)CC(O)COCc1ccco1. The van der Waals surface area contributed by atoms with Crippen LogP contribution < -0.4 is 0 Å². The van der Waals surface area contributed by atoms with Gasteiger partial charge >= 0.3 is 0 Å². The normalized spacial score (nSPS) is 12.7. The lowest BCUT2D eigenvalue weighted by atomic mass is 10.0. The molecule has 0 saturated carbocycles. The number of ether oxygens (including phenoxy) is 1. The van der Waals surface area contributed by atoms with Gasteiger partial charge in [-0.05, 0) is 50.1 Å². The fraction of sp³-hybridized carbons (Fsp3) is 0.500. The molecule has 1 unspecified atom stereocenters. The van der Waals surface area contributed by atoms with E-state index in [0.29, 0.717) is 19.8 Å². The van der Waals surface area contributed by atoms with E-state index < -0.39 is 6.10 Å².